The molecule has 1 fully saturated rings. The summed E-state index contributed by atoms with van der Waals surface area (Å²) in [5.74, 6) is 1.27. The highest BCUT2D eigenvalue weighted by atomic mass is 16.5. The summed E-state index contributed by atoms with van der Waals surface area (Å²) in [4.78, 5) is 12.8. The van der Waals surface area contributed by atoms with E-state index >= 15 is 0 Å². The number of hydrogen-bond acceptors (Lipinski definition) is 4. The fourth-order valence-electron chi connectivity index (χ4n) is 4.26. The Balaban J connectivity index is 2.04. The molecule has 2 aliphatic carbocycles. The molecule has 4 heteroatoms. The Bertz CT molecular complexity index is 601. The number of rotatable bonds is 1. The maximum Gasteiger partial charge on any atom is 0.204 e. The largest absolute Gasteiger partial charge is 0.444 e. The van der Waals surface area contributed by atoms with Gasteiger partial charge < -0.3 is 10.5 Å². The molecular weight excluding hydrogens is 276 g/mol. The summed E-state index contributed by atoms with van der Waals surface area (Å²) in [6, 6.07) is 2.22. The van der Waals surface area contributed by atoms with E-state index in [1.165, 1.54) is 19.3 Å². The lowest BCUT2D eigenvalue weighted by Crippen LogP contribution is -2.37. The standard InChI is InChI=1S/C18H24N2O2/c1-18(2)8-13(21)16-14(9-18)22-17(20)12(10-19)15(16)11-6-4-3-5-7-11/h11,15H,3-9,20H2,1-2H3/t15-/m0/s1. The number of carbonyl (C=O) groups is 1. The fourth-order valence-corrected chi connectivity index (χ4v) is 4.26. The lowest BCUT2D eigenvalue weighted by molar-refractivity contribution is -0.119. The summed E-state index contributed by atoms with van der Waals surface area (Å²) in [5, 5.41) is 9.54. The fraction of sp³-hybridized carbons (Fsp3) is 0.667. The van der Waals surface area contributed by atoms with Crippen LogP contribution in [0.15, 0.2) is 22.8 Å². The van der Waals surface area contributed by atoms with Crippen LogP contribution in [-0.2, 0) is 9.53 Å². The minimum absolute atomic E-state index is 0.0997. The minimum atomic E-state index is -0.141. The van der Waals surface area contributed by atoms with Gasteiger partial charge in [0.15, 0.2) is 5.78 Å². The maximum atomic E-state index is 12.8. The summed E-state index contributed by atoms with van der Waals surface area (Å²) >= 11 is 0. The number of hydrogen-bond donors (Lipinski definition) is 1. The summed E-state index contributed by atoms with van der Waals surface area (Å²) < 4.78 is 5.71. The van der Waals surface area contributed by atoms with Crippen LogP contribution in [0.2, 0.25) is 0 Å². The van der Waals surface area contributed by atoms with Crippen LogP contribution in [0.25, 0.3) is 0 Å². The van der Waals surface area contributed by atoms with Crippen LogP contribution in [0, 0.1) is 28.6 Å². The van der Waals surface area contributed by atoms with E-state index < -0.39 is 0 Å². The molecule has 0 amide bonds. The molecular formula is C18H24N2O2. The van der Waals surface area contributed by atoms with E-state index in [9.17, 15) is 10.1 Å². The Labute approximate surface area is 132 Å². The molecule has 0 unspecified atom stereocenters. The lowest BCUT2D eigenvalue weighted by Gasteiger charge is -2.40. The van der Waals surface area contributed by atoms with Gasteiger partial charge in [0.05, 0.1) is 5.57 Å². The molecule has 0 bridgehead atoms. The molecule has 0 aromatic heterocycles. The van der Waals surface area contributed by atoms with Crippen molar-refractivity contribution in [2.75, 3.05) is 0 Å². The Hall–Kier alpha value is -1.76. The van der Waals surface area contributed by atoms with Crippen molar-refractivity contribution in [3.05, 3.63) is 22.8 Å². The van der Waals surface area contributed by atoms with Gasteiger partial charge in [-0.3, -0.25) is 4.79 Å². The van der Waals surface area contributed by atoms with E-state index in [2.05, 4.69) is 19.9 Å². The first-order valence-electron chi connectivity index (χ1n) is 8.27. The van der Waals surface area contributed by atoms with E-state index in [0.29, 0.717) is 23.7 Å². The highest BCUT2D eigenvalue weighted by Crippen LogP contribution is 2.48. The van der Waals surface area contributed by atoms with Gasteiger partial charge in [-0.15, -0.1) is 0 Å². The minimum Gasteiger partial charge on any atom is -0.444 e. The smallest absolute Gasteiger partial charge is 0.204 e. The van der Waals surface area contributed by atoms with Crippen LogP contribution in [0.5, 0.6) is 0 Å². The zero-order chi connectivity index (χ0) is 15.9. The number of ketones is 1. The van der Waals surface area contributed by atoms with Crippen LogP contribution in [0.1, 0.15) is 58.8 Å². The summed E-state index contributed by atoms with van der Waals surface area (Å²) in [7, 11) is 0. The van der Waals surface area contributed by atoms with Crippen molar-refractivity contribution < 1.29 is 9.53 Å². The van der Waals surface area contributed by atoms with Crippen molar-refractivity contribution in [3.63, 3.8) is 0 Å². The van der Waals surface area contributed by atoms with Gasteiger partial charge in [0.25, 0.3) is 0 Å². The molecule has 1 aliphatic heterocycles. The van der Waals surface area contributed by atoms with Crippen LogP contribution >= 0.6 is 0 Å². The van der Waals surface area contributed by atoms with Gasteiger partial charge in [-0.25, -0.2) is 0 Å². The Kier molecular flexibility index (Phi) is 3.76. The summed E-state index contributed by atoms with van der Waals surface area (Å²) in [6.45, 7) is 4.15. The van der Waals surface area contributed by atoms with Crippen LogP contribution in [0.4, 0.5) is 0 Å². The molecule has 3 aliphatic rings. The zero-order valence-corrected chi connectivity index (χ0v) is 13.4. The first kappa shape index (κ1) is 15.1. The highest BCUT2D eigenvalue weighted by molar-refractivity contribution is 5.98. The van der Waals surface area contributed by atoms with Crippen molar-refractivity contribution in [2.45, 2.75) is 58.8 Å². The first-order chi connectivity index (χ1) is 10.4. The molecule has 0 aromatic rings. The highest BCUT2D eigenvalue weighted by Gasteiger charge is 2.45. The SMILES string of the molecule is CC1(C)CC(=O)C2=C(C1)OC(N)=C(C#N)[C@@H]2C1CCCCC1. The van der Waals surface area contributed by atoms with Crippen molar-refractivity contribution in [2.24, 2.45) is 23.0 Å². The number of ether oxygens (including phenoxy) is 1. The molecule has 1 heterocycles. The second-order valence-electron chi connectivity index (χ2n) is 7.65. The van der Waals surface area contributed by atoms with Crippen molar-refractivity contribution >= 4 is 5.78 Å². The molecule has 0 spiro atoms. The number of nitrogens with zero attached hydrogens (tertiary/aromatic N) is 1. The third-order valence-electron chi connectivity index (χ3n) is 5.24. The van der Waals surface area contributed by atoms with Gasteiger partial charge in [0.1, 0.15) is 11.8 Å². The lowest BCUT2D eigenvalue weighted by atomic mass is 9.66. The molecule has 22 heavy (non-hydrogen) atoms. The summed E-state index contributed by atoms with van der Waals surface area (Å²) in [6.07, 6.45) is 6.96. The topological polar surface area (TPSA) is 76.1 Å². The van der Waals surface area contributed by atoms with Gasteiger partial charge in [-0.2, -0.15) is 5.26 Å². The van der Waals surface area contributed by atoms with Gasteiger partial charge in [0.2, 0.25) is 5.88 Å². The Morgan fingerprint density at radius 1 is 1.23 bits per heavy atom. The van der Waals surface area contributed by atoms with Crippen molar-refractivity contribution in [3.8, 4) is 6.07 Å². The van der Waals surface area contributed by atoms with Crippen molar-refractivity contribution in [1.82, 2.24) is 0 Å². The zero-order valence-electron chi connectivity index (χ0n) is 13.4. The molecule has 2 N–H and O–H groups in total. The molecule has 1 atom stereocenters. The van der Waals surface area contributed by atoms with E-state index in [4.69, 9.17) is 10.5 Å². The first-order valence-corrected chi connectivity index (χ1v) is 8.27. The molecule has 0 aromatic carbocycles. The van der Waals surface area contributed by atoms with E-state index in [1.807, 2.05) is 0 Å². The third kappa shape index (κ3) is 2.54. The summed E-state index contributed by atoms with van der Waals surface area (Å²) in [5.41, 5.74) is 7.14. The van der Waals surface area contributed by atoms with Gasteiger partial charge in [-0.1, -0.05) is 33.1 Å². The monoisotopic (exact) mass is 300 g/mol. The average Bonchev–Trinajstić information content (AvgIpc) is 2.45. The van der Waals surface area contributed by atoms with Gasteiger partial charge in [0, 0.05) is 24.3 Å². The van der Waals surface area contributed by atoms with Crippen LogP contribution < -0.4 is 5.73 Å². The van der Waals surface area contributed by atoms with E-state index in [0.717, 1.165) is 24.8 Å². The number of allylic oxidation sites excluding steroid dienone is 3. The Morgan fingerprint density at radius 3 is 2.55 bits per heavy atom. The second-order valence-corrected chi connectivity index (χ2v) is 7.65. The maximum absolute atomic E-state index is 12.8. The van der Waals surface area contributed by atoms with Crippen molar-refractivity contribution in [1.29, 1.82) is 5.26 Å². The molecule has 3 rings (SSSR count). The average molecular weight is 300 g/mol. The van der Waals surface area contributed by atoms with Crippen LogP contribution in [-0.4, -0.2) is 5.78 Å². The molecule has 1 saturated carbocycles. The molecule has 118 valence electrons. The predicted molar refractivity (Wildman–Crippen MR) is 83.0 cm³/mol. The number of nitrogens with two attached hydrogens (primary N) is 1. The number of carbonyl (C=O) groups excluding carboxylic acids is 1. The van der Waals surface area contributed by atoms with E-state index in [-0.39, 0.29) is 23.0 Å². The molecule has 0 saturated heterocycles. The second kappa shape index (κ2) is 5.46. The quantitative estimate of drug-likeness (QED) is 0.803. The van der Waals surface area contributed by atoms with E-state index in [1.54, 1.807) is 0 Å². The number of Topliss-reactive ketones (excluding diaryl/α,β-unsaturated/α-hetero) is 1. The Morgan fingerprint density at radius 2 is 1.91 bits per heavy atom. The number of nitriles is 1. The molecule has 0 radical (unpaired) electrons. The van der Waals surface area contributed by atoms with Crippen LogP contribution in [0.3, 0.4) is 0 Å². The normalized spacial score (nSPS) is 29.0. The van der Waals surface area contributed by atoms with Gasteiger partial charge >= 0.3 is 0 Å². The van der Waals surface area contributed by atoms with Gasteiger partial charge in [-0.05, 0) is 24.2 Å². The molecule has 4 nitrogen and oxygen atoms in total. The third-order valence-corrected chi connectivity index (χ3v) is 5.24. The predicted octanol–water partition coefficient (Wildman–Crippen LogP) is 3.55.